The lowest BCUT2D eigenvalue weighted by Crippen LogP contribution is -2.43. The number of nitro groups is 1. The van der Waals surface area contributed by atoms with E-state index in [9.17, 15) is 24.8 Å². The van der Waals surface area contributed by atoms with Gasteiger partial charge in [0.1, 0.15) is 5.60 Å². The number of hydrogen-bond acceptors (Lipinski definition) is 6. The van der Waals surface area contributed by atoms with Gasteiger partial charge in [0, 0.05) is 11.6 Å². The van der Waals surface area contributed by atoms with E-state index in [1.54, 1.807) is 26.0 Å². The van der Waals surface area contributed by atoms with Gasteiger partial charge in [0.2, 0.25) is 11.8 Å². The fourth-order valence-electron chi connectivity index (χ4n) is 4.23. The van der Waals surface area contributed by atoms with Crippen LogP contribution in [0.25, 0.3) is 0 Å². The molecule has 130 valence electrons. The Morgan fingerprint density at radius 2 is 1.96 bits per heavy atom. The number of anilines is 1. The number of aliphatic hydroxyl groups excluding tert-OH is 1. The molecule has 2 fully saturated rings. The van der Waals surface area contributed by atoms with Gasteiger partial charge < -0.3 is 9.84 Å². The molecule has 3 aliphatic rings. The van der Waals surface area contributed by atoms with E-state index in [1.165, 1.54) is 18.2 Å². The van der Waals surface area contributed by atoms with Gasteiger partial charge in [-0.1, -0.05) is 18.2 Å². The van der Waals surface area contributed by atoms with Crippen LogP contribution in [0.3, 0.4) is 0 Å². The first kappa shape index (κ1) is 15.9. The SMILES string of the molecule is Cc1ccc(N2C(=O)[C@@H]3[C@H](C2=O)[C@@]2(C)C=C[C@]3(CO)O2)cc1[N+](=O)[O-]. The van der Waals surface area contributed by atoms with E-state index in [0.29, 0.717) is 5.56 Å². The first-order valence-electron chi connectivity index (χ1n) is 7.88. The Kier molecular flexibility index (Phi) is 3.02. The van der Waals surface area contributed by atoms with Gasteiger partial charge in [-0.25, -0.2) is 4.90 Å². The number of benzene rings is 1. The number of carbonyl (C=O) groups is 2. The molecule has 0 aliphatic carbocycles. The van der Waals surface area contributed by atoms with Crippen LogP contribution in [0.2, 0.25) is 0 Å². The molecule has 2 saturated heterocycles. The number of rotatable bonds is 3. The van der Waals surface area contributed by atoms with Crippen molar-refractivity contribution in [1.29, 1.82) is 0 Å². The van der Waals surface area contributed by atoms with Crippen LogP contribution in [0.15, 0.2) is 30.4 Å². The molecule has 25 heavy (non-hydrogen) atoms. The van der Waals surface area contributed by atoms with Gasteiger partial charge in [-0.3, -0.25) is 19.7 Å². The topological polar surface area (TPSA) is 110 Å². The number of carbonyl (C=O) groups excluding carboxylic acids is 2. The highest BCUT2D eigenvalue weighted by Gasteiger charge is 2.72. The Morgan fingerprint density at radius 3 is 2.60 bits per heavy atom. The lowest BCUT2D eigenvalue weighted by Gasteiger charge is -2.26. The van der Waals surface area contributed by atoms with Crippen LogP contribution in [0.5, 0.6) is 0 Å². The highest BCUT2D eigenvalue weighted by Crippen LogP contribution is 2.57. The van der Waals surface area contributed by atoms with Gasteiger partial charge in [0.05, 0.1) is 34.7 Å². The second kappa shape index (κ2) is 4.74. The van der Waals surface area contributed by atoms with Gasteiger partial charge in [-0.05, 0) is 19.9 Å². The van der Waals surface area contributed by atoms with Crippen LogP contribution in [-0.2, 0) is 14.3 Å². The molecule has 0 aromatic heterocycles. The van der Waals surface area contributed by atoms with Gasteiger partial charge in [-0.15, -0.1) is 0 Å². The van der Waals surface area contributed by atoms with Gasteiger partial charge in [-0.2, -0.15) is 0 Å². The molecule has 2 amide bonds. The van der Waals surface area contributed by atoms with E-state index in [1.807, 2.05) is 0 Å². The van der Waals surface area contributed by atoms with Crippen molar-refractivity contribution in [1.82, 2.24) is 0 Å². The second-order valence-electron chi connectivity index (χ2n) is 6.93. The molecule has 8 nitrogen and oxygen atoms in total. The van der Waals surface area contributed by atoms with Crippen molar-refractivity contribution in [3.63, 3.8) is 0 Å². The Labute approximate surface area is 142 Å². The van der Waals surface area contributed by atoms with E-state index in [2.05, 4.69) is 0 Å². The maximum absolute atomic E-state index is 13.0. The molecule has 8 heteroatoms. The maximum Gasteiger partial charge on any atom is 0.274 e. The third-order valence-corrected chi connectivity index (χ3v) is 5.45. The van der Waals surface area contributed by atoms with E-state index in [4.69, 9.17) is 4.74 Å². The van der Waals surface area contributed by atoms with Crippen molar-refractivity contribution in [2.45, 2.75) is 25.0 Å². The average molecular weight is 344 g/mol. The second-order valence-corrected chi connectivity index (χ2v) is 6.93. The highest BCUT2D eigenvalue weighted by atomic mass is 16.6. The van der Waals surface area contributed by atoms with Crippen molar-refractivity contribution < 1.29 is 24.4 Å². The van der Waals surface area contributed by atoms with Gasteiger partial charge in [0.25, 0.3) is 5.69 Å². The van der Waals surface area contributed by atoms with Crippen LogP contribution in [0, 0.1) is 28.9 Å². The summed E-state index contributed by atoms with van der Waals surface area (Å²) in [4.78, 5) is 37.5. The fourth-order valence-corrected chi connectivity index (χ4v) is 4.23. The highest BCUT2D eigenvalue weighted by molar-refractivity contribution is 6.23. The largest absolute Gasteiger partial charge is 0.393 e. The Morgan fingerprint density at radius 1 is 1.28 bits per heavy atom. The molecule has 1 aromatic carbocycles. The Balaban J connectivity index is 1.81. The summed E-state index contributed by atoms with van der Waals surface area (Å²) in [5, 5.41) is 20.9. The molecule has 3 aliphatic heterocycles. The number of nitrogens with zero attached hydrogens (tertiary/aromatic N) is 2. The minimum Gasteiger partial charge on any atom is -0.393 e. The fraction of sp³-hybridized carbons (Fsp3) is 0.412. The number of fused-ring (bicyclic) bond motifs is 5. The summed E-state index contributed by atoms with van der Waals surface area (Å²) < 4.78 is 5.83. The molecule has 4 atom stereocenters. The quantitative estimate of drug-likeness (QED) is 0.380. The molecule has 3 heterocycles. The number of nitro benzene ring substituents is 1. The predicted octanol–water partition coefficient (Wildman–Crippen LogP) is 1.10. The Hall–Kier alpha value is -2.58. The summed E-state index contributed by atoms with van der Waals surface area (Å²) in [6.07, 6.45) is 3.34. The first-order chi connectivity index (χ1) is 11.7. The third-order valence-electron chi connectivity index (χ3n) is 5.45. The smallest absolute Gasteiger partial charge is 0.274 e. The normalized spacial score (nSPS) is 35.6. The van der Waals surface area contributed by atoms with Crippen molar-refractivity contribution in [3.05, 3.63) is 46.0 Å². The maximum atomic E-state index is 13.0. The first-order valence-corrected chi connectivity index (χ1v) is 7.88. The van der Waals surface area contributed by atoms with Gasteiger partial charge in [0.15, 0.2) is 0 Å². The molecular weight excluding hydrogens is 328 g/mol. The lowest BCUT2D eigenvalue weighted by molar-refractivity contribution is -0.385. The molecule has 2 bridgehead atoms. The van der Waals surface area contributed by atoms with Crippen molar-refractivity contribution in [2.24, 2.45) is 11.8 Å². The zero-order chi connectivity index (χ0) is 18.1. The molecule has 0 unspecified atom stereocenters. The standard InChI is InChI=1S/C17H16N2O6/c1-9-3-4-10(7-11(9)19(23)24)18-14(21)12-13(15(18)22)17(8-20)6-5-16(12,2)25-17/h3-7,12-13,20H,8H2,1-2H3/t12-,13+,16-,17-/m1/s1. The number of hydrogen-bond donors (Lipinski definition) is 1. The third kappa shape index (κ3) is 1.83. The van der Waals surface area contributed by atoms with Gasteiger partial charge >= 0.3 is 0 Å². The lowest BCUT2D eigenvalue weighted by atomic mass is 9.73. The van der Waals surface area contributed by atoms with Crippen molar-refractivity contribution in [3.8, 4) is 0 Å². The molecule has 0 radical (unpaired) electrons. The van der Waals surface area contributed by atoms with Crippen LogP contribution < -0.4 is 4.90 Å². The number of ether oxygens (including phenoxy) is 1. The van der Waals surface area contributed by atoms with E-state index >= 15 is 0 Å². The monoisotopic (exact) mass is 344 g/mol. The average Bonchev–Trinajstić information content (AvgIpc) is 3.14. The van der Waals surface area contributed by atoms with Crippen molar-refractivity contribution in [2.75, 3.05) is 11.5 Å². The summed E-state index contributed by atoms with van der Waals surface area (Å²) >= 11 is 0. The summed E-state index contributed by atoms with van der Waals surface area (Å²) in [5.41, 5.74) is -1.73. The van der Waals surface area contributed by atoms with Crippen LogP contribution in [-0.4, -0.2) is 39.7 Å². The predicted molar refractivity (Wildman–Crippen MR) is 85.8 cm³/mol. The summed E-state index contributed by atoms with van der Waals surface area (Å²) in [5.74, 6) is -2.55. The minimum absolute atomic E-state index is 0.157. The van der Waals surface area contributed by atoms with E-state index in [0.717, 1.165) is 4.90 Å². The number of imide groups is 1. The van der Waals surface area contributed by atoms with E-state index in [-0.39, 0.29) is 11.4 Å². The molecule has 1 aromatic rings. The Bertz CT molecular complexity index is 865. The number of aryl methyl sites for hydroxylation is 1. The van der Waals surface area contributed by atoms with Crippen LogP contribution in [0.4, 0.5) is 11.4 Å². The van der Waals surface area contributed by atoms with E-state index < -0.39 is 46.4 Å². The summed E-state index contributed by atoms with van der Waals surface area (Å²) in [6, 6.07) is 4.26. The van der Waals surface area contributed by atoms with Crippen LogP contribution >= 0.6 is 0 Å². The summed E-state index contributed by atoms with van der Waals surface area (Å²) in [6.45, 7) is 2.88. The minimum atomic E-state index is -1.21. The van der Waals surface area contributed by atoms with Crippen molar-refractivity contribution >= 4 is 23.2 Å². The number of amides is 2. The molecule has 0 saturated carbocycles. The number of aliphatic hydroxyl groups is 1. The summed E-state index contributed by atoms with van der Waals surface area (Å²) in [7, 11) is 0. The zero-order valence-corrected chi connectivity index (χ0v) is 13.6. The molecule has 0 spiro atoms. The molecule has 1 N–H and O–H groups in total. The van der Waals surface area contributed by atoms with Crippen LogP contribution in [0.1, 0.15) is 12.5 Å². The molecular formula is C17H16N2O6. The zero-order valence-electron chi connectivity index (χ0n) is 13.6. The molecule has 4 rings (SSSR count).